The Balaban J connectivity index is 1.79. The van der Waals surface area contributed by atoms with Crippen molar-refractivity contribution in [1.82, 2.24) is 9.88 Å². The predicted molar refractivity (Wildman–Crippen MR) is 138 cm³/mol. The Morgan fingerprint density at radius 3 is 2.43 bits per heavy atom. The van der Waals surface area contributed by atoms with Crippen molar-refractivity contribution >= 4 is 17.4 Å². The standard InChI is InChI=1S/C29H30N2O6/c1-4-5-15-37-22-11-8-20(9-12-22)27(32)25-26(21-10-13-23(35-2)24(16-21)36-3)31(29(34)28(25)33)18-19-7-6-14-30-17-19/h6-14,16-17,26,32H,4-5,15,18H2,1-3H3/t26-/m1/s1. The number of rotatable bonds is 10. The van der Waals surface area contributed by atoms with E-state index in [9.17, 15) is 14.7 Å². The molecule has 8 heteroatoms. The predicted octanol–water partition coefficient (Wildman–Crippen LogP) is 4.90. The van der Waals surface area contributed by atoms with Crippen LogP contribution in [0, 0.1) is 0 Å². The van der Waals surface area contributed by atoms with Gasteiger partial charge in [0.1, 0.15) is 11.5 Å². The van der Waals surface area contributed by atoms with Crippen molar-refractivity contribution in [2.45, 2.75) is 32.4 Å². The summed E-state index contributed by atoms with van der Waals surface area (Å²) in [5.41, 5.74) is 1.76. The highest BCUT2D eigenvalue weighted by molar-refractivity contribution is 6.46. The minimum atomic E-state index is -0.847. The number of carbonyl (C=O) groups is 2. The van der Waals surface area contributed by atoms with Gasteiger partial charge in [0.2, 0.25) is 0 Å². The molecule has 1 atom stereocenters. The molecule has 1 aliphatic rings. The number of benzene rings is 2. The smallest absolute Gasteiger partial charge is 0.295 e. The number of aromatic nitrogens is 1. The van der Waals surface area contributed by atoms with E-state index in [1.807, 2.05) is 6.07 Å². The first-order valence-corrected chi connectivity index (χ1v) is 12.1. The average molecular weight is 503 g/mol. The number of amides is 1. The maximum Gasteiger partial charge on any atom is 0.295 e. The summed E-state index contributed by atoms with van der Waals surface area (Å²) in [7, 11) is 3.04. The Morgan fingerprint density at radius 1 is 1.03 bits per heavy atom. The molecule has 37 heavy (non-hydrogen) atoms. The van der Waals surface area contributed by atoms with Gasteiger partial charge in [-0.2, -0.15) is 0 Å². The summed E-state index contributed by atoms with van der Waals surface area (Å²) in [6, 6.07) is 14.8. The molecule has 192 valence electrons. The monoisotopic (exact) mass is 502 g/mol. The zero-order valence-corrected chi connectivity index (χ0v) is 21.1. The number of hydrogen-bond acceptors (Lipinski definition) is 7. The molecule has 0 bridgehead atoms. The van der Waals surface area contributed by atoms with E-state index in [1.165, 1.54) is 19.1 Å². The van der Waals surface area contributed by atoms with Crippen molar-refractivity contribution in [3.63, 3.8) is 0 Å². The molecule has 2 heterocycles. The molecule has 0 spiro atoms. The van der Waals surface area contributed by atoms with Crippen molar-refractivity contribution in [2.24, 2.45) is 0 Å². The lowest BCUT2D eigenvalue weighted by Gasteiger charge is -2.26. The van der Waals surface area contributed by atoms with Crippen LogP contribution >= 0.6 is 0 Å². The fraction of sp³-hybridized carbons (Fsp3) is 0.276. The summed E-state index contributed by atoms with van der Waals surface area (Å²) >= 11 is 0. The quantitative estimate of drug-likeness (QED) is 0.182. The average Bonchev–Trinajstić information content (AvgIpc) is 3.18. The van der Waals surface area contributed by atoms with E-state index in [4.69, 9.17) is 14.2 Å². The van der Waals surface area contributed by atoms with Crippen molar-refractivity contribution < 1.29 is 28.9 Å². The van der Waals surface area contributed by atoms with E-state index in [0.717, 1.165) is 18.4 Å². The zero-order chi connectivity index (χ0) is 26.4. The molecule has 0 aliphatic carbocycles. The minimum Gasteiger partial charge on any atom is -0.507 e. The van der Waals surface area contributed by atoms with Crippen LogP contribution in [0.3, 0.4) is 0 Å². The normalized spacial score (nSPS) is 16.6. The van der Waals surface area contributed by atoms with Gasteiger partial charge in [0.25, 0.3) is 11.7 Å². The molecule has 0 unspecified atom stereocenters. The number of hydrogen-bond donors (Lipinski definition) is 1. The number of likely N-dealkylation sites (tertiary alicyclic amines) is 1. The lowest BCUT2D eigenvalue weighted by atomic mass is 9.94. The molecule has 2 aromatic carbocycles. The van der Waals surface area contributed by atoms with Crippen LogP contribution in [-0.4, -0.2) is 47.5 Å². The molecule has 1 saturated heterocycles. The minimum absolute atomic E-state index is 0.000705. The Hall–Kier alpha value is -4.33. The molecule has 3 aromatic rings. The van der Waals surface area contributed by atoms with Gasteiger partial charge >= 0.3 is 0 Å². The molecular weight excluding hydrogens is 472 g/mol. The second-order valence-electron chi connectivity index (χ2n) is 8.63. The van der Waals surface area contributed by atoms with E-state index in [2.05, 4.69) is 11.9 Å². The Kier molecular flexibility index (Phi) is 8.08. The first kappa shape index (κ1) is 25.8. The summed E-state index contributed by atoms with van der Waals surface area (Å²) in [4.78, 5) is 32.1. The van der Waals surface area contributed by atoms with Gasteiger partial charge < -0.3 is 24.2 Å². The van der Waals surface area contributed by atoms with Gasteiger partial charge in [0.05, 0.1) is 32.4 Å². The van der Waals surface area contributed by atoms with E-state index >= 15 is 0 Å². The maximum absolute atomic E-state index is 13.3. The van der Waals surface area contributed by atoms with Crippen molar-refractivity contribution in [1.29, 1.82) is 0 Å². The van der Waals surface area contributed by atoms with Crippen molar-refractivity contribution in [3.05, 3.63) is 89.3 Å². The number of pyridine rings is 1. The lowest BCUT2D eigenvalue weighted by Crippen LogP contribution is -2.29. The van der Waals surface area contributed by atoms with Gasteiger partial charge in [-0.3, -0.25) is 14.6 Å². The second kappa shape index (κ2) is 11.6. The summed E-state index contributed by atoms with van der Waals surface area (Å²) < 4.78 is 16.5. The molecule has 1 fully saturated rings. The van der Waals surface area contributed by atoms with Gasteiger partial charge in [-0.1, -0.05) is 25.5 Å². The number of aliphatic hydroxyl groups excluding tert-OH is 1. The van der Waals surface area contributed by atoms with Crippen LogP contribution in [0.4, 0.5) is 0 Å². The van der Waals surface area contributed by atoms with Gasteiger partial charge in [-0.05, 0) is 60.0 Å². The molecule has 1 amide bonds. The molecule has 0 radical (unpaired) electrons. The first-order chi connectivity index (χ1) is 18.0. The SMILES string of the molecule is CCCCOc1ccc(C(O)=C2C(=O)C(=O)N(Cc3cccnc3)[C@@H]2c2ccc(OC)c(OC)c2)cc1. The van der Waals surface area contributed by atoms with Crippen LogP contribution < -0.4 is 14.2 Å². The van der Waals surface area contributed by atoms with Gasteiger partial charge in [-0.15, -0.1) is 0 Å². The zero-order valence-electron chi connectivity index (χ0n) is 21.1. The number of ether oxygens (including phenoxy) is 3. The van der Waals surface area contributed by atoms with Gasteiger partial charge in [0.15, 0.2) is 11.5 Å². The number of Topliss-reactive ketones (excluding diaryl/α,β-unsaturated/α-hetero) is 1. The Bertz CT molecular complexity index is 1290. The topological polar surface area (TPSA) is 98.2 Å². The number of nitrogens with zero attached hydrogens (tertiary/aromatic N) is 2. The number of methoxy groups -OCH3 is 2. The van der Waals surface area contributed by atoms with Crippen molar-refractivity contribution in [2.75, 3.05) is 20.8 Å². The third-order valence-electron chi connectivity index (χ3n) is 6.23. The van der Waals surface area contributed by atoms with Crippen LogP contribution in [0.5, 0.6) is 17.2 Å². The van der Waals surface area contributed by atoms with Crippen LogP contribution in [0.15, 0.2) is 72.6 Å². The summed E-state index contributed by atoms with van der Waals surface area (Å²) in [5, 5.41) is 11.3. The van der Waals surface area contributed by atoms with Crippen LogP contribution in [0.2, 0.25) is 0 Å². The number of carbonyl (C=O) groups excluding carboxylic acids is 2. The molecular formula is C29H30N2O6. The molecule has 1 aromatic heterocycles. The fourth-order valence-corrected chi connectivity index (χ4v) is 4.30. The summed E-state index contributed by atoms with van der Waals surface area (Å²) in [6.07, 6.45) is 5.24. The summed E-state index contributed by atoms with van der Waals surface area (Å²) in [5.74, 6) is -0.103. The largest absolute Gasteiger partial charge is 0.507 e. The molecule has 0 saturated carbocycles. The Labute approximate surface area is 216 Å². The maximum atomic E-state index is 13.3. The van der Waals surface area contributed by atoms with E-state index in [-0.39, 0.29) is 17.9 Å². The lowest BCUT2D eigenvalue weighted by molar-refractivity contribution is -0.140. The van der Waals surface area contributed by atoms with Gasteiger partial charge in [0, 0.05) is 24.5 Å². The van der Waals surface area contributed by atoms with Crippen molar-refractivity contribution in [3.8, 4) is 17.2 Å². The molecule has 1 N–H and O–H groups in total. The van der Waals surface area contributed by atoms with Crippen LogP contribution in [-0.2, 0) is 16.1 Å². The van der Waals surface area contributed by atoms with E-state index < -0.39 is 17.7 Å². The summed E-state index contributed by atoms with van der Waals surface area (Å²) in [6.45, 7) is 2.82. The molecule has 1 aliphatic heterocycles. The van der Waals surface area contributed by atoms with Gasteiger partial charge in [-0.25, -0.2) is 0 Å². The molecule has 8 nitrogen and oxygen atoms in total. The third-order valence-corrected chi connectivity index (χ3v) is 6.23. The molecule has 4 rings (SSSR count). The highest BCUT2D eigenvalue weighted by Gasteiger charge is 2.46. The first-order valence-electron chi connectivity index (χ1n) is 12.1. The number of unbranched alkanes of at least 4 members (excludes halogenated alkanes) is 1. The van der Waals surface area contributed by atoms with Crippen LogP contribution in [0.25, 0.3) is 5.76 Å². The Morgan fingerprint density at radius 2 is 1.78 bits per heavy atom. The van der Waals surface area contributed by atoms with Crippen LogP contribution in [0.1, 0.15) is 42.5 Å². The van der Waals surface area contributed by atoms with E-state index in [1.54, 1.807) is 60.9 Å². The second-order valence-corrected chi connectivity index (χ2v) is 8.63. The fourth-order valence-electron chi connectivity index (χ4n) is 4.30. The highest BCUT2D eigenvalue weighted by Crippen LogP contribution is 2.42. The number of aliphatic hydroxyl groups is 1. The third kappa shape index (κ3) is 5.43. The van der Waals surface area contributed by atoms with E-state index in [0.29, 0.717) is 35.0 Å². The number of ketones is 1. The highest BCUT2D eigenvalue weighted by atomic mass is 16.5.